The summed E-state index contributed by atoms with van der Waals surface area (Å²) in [6, 6.07) is 0. The van der Waals surface area contributed by atoms with Gasteiger partial charge in [0.2, 0.25) is 5.91 Å². The Labute approximate surface area is 92.3 Å². The van der Waals surface area contributed by atoms with Crippen molar-refractivity contribution in [2.24, 2.45) is 0 Å². The molecule has 84 valence electrons. The normalized spacial score (nSPS) is 11.5. The molecule has 0 aliphatic carbocycles. The van der Waals surface area contributed by atoms with Crippen LogP contribution in [0.3, 0.4) is 0 Å². The second-order valence-corrected chi connectivity index (χ2v) is 3.68. The summed E-state index contributed by atoms with van der Waals surface area (Å²) in [5.41, 5.74) is 0.172. The minimum Gasteiger partial charge on any atom is -0.349 e. The van der Waals surface area contributed by atoms with Gasteiger partial charge in [-0.1, -0.05) is 0 Å². The van der Waals surface area contributed by atoms with E-state index in [0.717, 1.165) is 0 Å². The number of rotatable bonds is 3. The maximum Gasteiger partial charge on any atom is 0.443 e. The summed E-state index contributed by atoms with van der Waals surface area (Å²) in [5, 5.41) is 2.65. The fourth-order valence-corrected chi connectivity index (χ4v) is 1.54. The van der Waals surface area contributed by atoms with Crippen molar-refractivity contribution in [3.05, 3.63) is 16.1 Å². The zero-order chi connectivity index (χ0) is 11.5. The third-order valence-corrected chi connectivity index (χ3v) is 2.56. The summed E-state index contributed by atoms with van der Waals surface area (Å²) < 4.78 is 36.3. The van der Waals surface area contributed by atoms with Crippen molar-refractivity contribution in [3.63, 3.8) is 0 Å². The molecule has 1 amide bonds. The smallest absolute Gasteiger partial charge is 0.349 e. The van der Waals surface area contributed by atoms with Crippen LogP contribution in [0.5, 0.6) is 0 Å². The zero-order valence-corrected chi connectivity index (χ0v) is 8.84. The van der Waals surface area contributed by atoms with Crippen LogP contribution in [0, 0.1) is 0 Å². The van der Waals surface area contributed by atoms with Crippen LogP contribution in [0.1, 0.15) is 10.7 Å². The molecule has 1 aromatic rings. The van der Waals surface area contributed by atoms with Crippen molar-refractivity contribution in [2.75, 3.05) is 5.88 Å². The van der Waals surface area contributed by atoms with Crippen LogP contribution >= 0.6 is 22.9 Å². The molecule has 1 N–H and O–H groups in total. The highest BCUT2D eigenvalue weighted by molar-refractivity contribution is 7.09. The number of nitrogens with one attached hydrogen (secondary N) is 1. The Hall–Kier alpha value is -0.820. The summed E-state index contributed by atoms with van der Waals surface area (Å²) in [6.07, 6.45) is -4.43. The molecule has 0 bridgehead atoms. The van der Waals surface area contributed by atoms with E-state index in [1.165, 1.54) is 5.38 Å². The number of hydrogen-bond donors (Lipinski definition) is 1. The first-order valence-corrected chi connectivity index (χ1v) is 5.19. The number of halogens is 4. The molecule has 0 spiro atoms. The highest BCUT2D eigenvalue weighted by Crippen LogP contribution is 2.31. The zero-order valence-electron chi connectivity index (χ0n) is 7.27. The van der Waals surface area contributed by atoms with E-state index < -0.39 is 17.1 Å². The predicted octanol–water partition coefficient (Wildman–Crippen LogP) is 2.02. The van der Waals surface area contributed by atoms with Gasteiger partial charge in [-0.25, -0.2) is 4.98 Å². The molecule has 0 radical (unpaired) electrons. The monoisotopic (exact) mass is 258 g/mol. The standard InChI is InChI=1S/C7H6ClF3N2OS/c8-1-5(14)12-2-4-3-15-6(13-4)7(9,10)11/h3H,1-2H2,(H,12,14). The molecule has 0 fully saturated rings. The molecular weight excluding hydrogens is 253 g/mol. The van der Waals surface area contributed by atoms with Crippen LogP contribution in [-0.2, 0) is 17.5 Å². The van der Waals surface area contributed by atoms with Gasteiger partial charge in [-0.3, -0.25) is 4.79 Å². The summed E-state index contributed by atoms with van der Waals surface area (Å²) in [5.74, 6) is -0.672. The van der Waals surface area contributed by atoms with Gasteiger partial charge in [0.25, 0.3) is 0 Å². The van der Waals surface area contributed by atoms with Crippen LogP contribution in [0.25, 0.3) is 0 Å². The molecule has 0 aliphatic rings. The van der Waals surface area contributed by atoms with Gasteiger partial charge in [0.05, 0.1) is 12.2 Å². The fourth-order valence-electron chi connectivity index (χ4n) is 0.755. The highest BCUT2D eigenvalue weighted by atomic mass is 35.5. The lowest BCUT2D eigenvalue weighted by molar-refractivity contribution is -0.137. The Morgan fingerprint density at radius 1 is 1.60 bits per heavy atom. The molecule has 0 saturated heterocycles. The first kappa shape index (κ1) is 12.3. The van der Waals surface area contributed by atoms with E-state index in [1.54, 1.807) is 0 Å². The van der Waals surface area contributed by atoms with Crippen molar-refractivity contribution in [2.45, 2.75) is 12.7 Å². The van der Waals surface area contributed by atoms with Crippen molar-refractivity contribution in [3.8, 4) is 0 Å². The van der Waals surface area contributed by atoms with Gasteiger partial charge in [-0.2, -0.15) is 13.2 Å². The van der Waals surface area contributed by atoms with Crippen LogP contribution in [0.4, 0.5) is 13.2 Å². The number of alkyl halides is 4. The first-order chi connectivity index (χ1) is 6.93. The van der Waals surface area contributed by atoms with E-state index in [9.17, 15) is 18.0 Å². The Morgan fingerprint density at radius 3 is 2.73 bits per heavy atom. The predicted molar refractivity (Wildman–Crippen MR) is 49.7 cm³/mol. The second kappa shape index (κ2) is 4.80. The van der Waals surface area contributed by atoms with E-state index in [4.69, 9.17) is 11.6 Å². The molecule has 0 aromatic carbocycles. The van der Waals surface area contributed by atoms with Crippen LogP contribution in [-0.4, -0.2) is 16.8 Å². The summed E-state index contributed by atoms with van der Waals surface area (Å²) in [7, 11) is 0. The molecule has 8 heteroatoms. The van der Waals surface area contributed by atoms with Crippen LogP contribution in [0.2, 0.25) is 0 Å². The van der Waals surface area contributed by atoms with Gasteiger partial charge in [0.1, 0.15) is 5.88 Å². The van der Waals surface area contributed by atoms with Gasteiger partial charge in [-0.15, -0.1) is 22.9 Å². The summed E-state index contributed by atoms with van der Waals surface area (Å²) in [4.78, 5) is 14.0. The SMILES string of the molecule is O=C(CCl)NCc1csc(C(F)(F)F)n1. The quantitative estimate of drug-likeness (QED) is 0.843. The van der Waals surface area contributed by atoms with Crippen LogP contribution < -0.4 is 5.32 Å². The minimum atomic E-state index is -4.43. The second-order valence-electron chi connectivity index (χ2n) is 2.55. The Morgan fingerprint density at radius 2 is 2.27 bits per heavy atom. The van der Waals surface area contributed by atoms with Gasteiger partial charge < -0.3 is 5.32 Å². The molecule has 3 nitrogen and oxygen atoms in total. The highest BCUT2D eigenvalue weighted by Gasteiger charge is 2.34. The minimum absolute atomic E-state index is 0.0435. The third-order valence-electron chi connectivity index (χ3n) is 1.38. The van der Waals surface area contributed by atoms with Gasteiger partial charge in [0.15, 0.2) is 5.01 Å². The van der Waals surface area contributed by atoms with Crippen molar-refractivity contribution >= 4 is 28.8 Å². The molecule has 1 rings (SSSR count). The van der Waals surface area contributed by atoms with E-state index >= 15 is 0 Å². The van der Waals surface area contributed by atoms with Gasteiger partial charge in [-0.05, 0) is 0 Å². The molecule has 0 aliphatic heterocycles. The molecule has 0 saturated carbocycles. The fraction of sp³-hybridized carbons (Fsp3) is 0.429. The van der Waals surface area contributed by atoms with Crippen molar-refractivity contribution in [1.82, 2.24) is 10.3 Å². The molecule has 1 aromatic heterocycles. The molecule has 0 atom stereocenters. The average molecular weight is 259 g/mol. The number of hydrogen-bond acceptors (Lipinski definition) is 3. The summed E-state index contributed by atoms with van der Waals surface area (Å²) in [6.45, 7) is -0.0435. The number of aromatic nitrogens is 1. The van der Waals surface area contributed by atoms with Crippen molar-refractivity contribution in [1.29, 1.82) is 0 Å². The number of carbonyl (C=O) groups excluding carboxylic acids is 1. The average Bonchev–Trinajstić information content (AvgIpc) is 2.61. The third kappa shape index (κ3) is 3.67. The molecular formula is C7H6ClF3N2OS. The molecule has 0 unspecified atom stereocenters. The van der Waals surface area contributed by atoms with E-state index in [1.807, 2.05) is 0 Å². The lowest BCUT2D eigenvalue weighted by Gasteiger charge is -2.00. The lowest BCUT2D eigenvalue weighted by Crippen LogP contribution is -2.23. The Bertz CT molecular complexity index is 352. The van der Waals surface area contributed by atoms with E-state index in [-0.39, 0.29) is 18.1 Å². The van der Waals surface area contributed by atoms with Crippen molar-refractivity contribution < 1.29 is 18.0 Å². The number of nitrogens with zero attached hydrogens (tertiary/aromatic N) is 1. The van der Waals surface area contributed by atoms with Crippen LogP contribution in [0.15, 0.2) is 5.38 Å². The topological polar surface area (TPSA) is 42.0 Å². The number of amides is 1. The van der Waals surface area contributed by atoms with E-state index in [0.29, 0.717) is 11.3 Å². The molecule has 1 heterocycles. The Balaban J connectivity index is 2.58. The number of carbonyl (C=O) groups is 1. The first-order valence-electron chi connectivity index (χ1n) is 3.77. The maximum absolute atomic E-state index is 12.1. The summed E-state index contributed by atoms with van der Waals surface area (Å²) >= 11 is 5.68. The number of thiazole rings is 1. The van der Waals surface area contributed by atoms with Gasteiger partial charge >= 0.3 is 6.18 Å². The van der Waals surface area contributed by atoms with Gasteiger partial charge in [0, 0.05) is 5.38 Å². The maximum atomic E-state index is 12.1. The molecule has 15 heavy (non-hydrogen) atoms. The van der Waals surface area contributed by atoms with E-state index in [2.05, 4.69) is 10.3 Å². The lowest BCUT2D eigenvalue weighted by atomic mass is 10.4. The Kier molecular flexibility index (Phi) is 3.92. The largest absolute Gasteiger partial charge is 0.443 e.